The Bertz CT molecular complexity index is 536. The van der Waals surface area contributed by atoms with Gasteiger partial charge in [-0.05, 0) is 24.3 Å². The molecule has 0 aliphatic rings. The zero-order valence-corrected chi connectivity index (χ0v) is 12.3. The highest BCUT2D eigenvalue weighted by atomic mass is 127. The van der Waals surface area contributed by atoms with Gasteiger partial charge in [0.2, 0.25) is 19.8 Å². The van der Waals surface area contributed by atoms with Gasteiger partial charge in [0.15, 0.2) is 7.14 Å². The number of hydrogen-bond acceptors (Lipinski definition) is 2. The molecule has 0 heterocycles. The smallest absolute Gasteiger partial charge is 0.242 e. The van der Waals surface area contributed by atoms with Crippen molar-refractivity contribution in [2.24, 2.45) is 0 Å². The molecule has 0 atom stereocenters. The van der Waals surface area contributed by atoms with Crippen molar-refractivity contribution in [2.75, 3.05) is 0 Å². The summed E-state index contributed by atoms with van der Waals surface area (Å²) in [5, 5.41) is 0. The van der Waals surface area contributed by atoms with E-state index in [1.54, 1.807) is 36.4 Å². The third-order valence-corrected chi connectivity index (χ3v) is 8.17. The van der Waals surface area contributed by atoms with Crippen molar-refractivity contribution in [1.82, 2.24) is 0 Å². The van der Waals surface area contributed by atoms with Gasteiger partial charge in [0.25, 0.3) is 0 Å². The fraction of sp³-hybridized carbons (Fsp3) is 0.0714. The quantitative estimate of drug-likeness (QED) is 0.554. The second-order valence-corrected chi connectivity index (χ2v) is 9.20. The van der Waals surface area contributed by atoms with E-state index in [0.29, 0.717) is 7.14 Å². The first-order valence-corrected chi connectivity index (χ1v) is 8.82. The van der Waals surface area contributed by atoms with Crippen LogP contribution in [0.3, 0.4) is 0 Å². The lowest BCUT2D eigenvalue weighted by molar-refractivity contribution is -0.939. The lowest BCUT2D eigenvalue weighted by atomic mass is 10.4. The molecule has 0 fully saturated rings. The molecular weight excluding hydrogens is 384 g/mol. The van der Waals surface area contributed by atoms with E-state index in [9.17, 15) is 18.1 Å². The lowest BCUT2D eigenvalue weighted by Crippen LogP contribution is -3.90. The van der Waals surface area contributed by atoms with Crippen molar-refractivity contribution in [3.05, 3.63) is 67.8 Å². The average Bonchev–Trinajstić information content (AvgIpc) is 2.48. The maximum Gasteiger partial charge on any atom is 0.512 e. The number of hydrogen-bond donors (Lipinski definition) is 0. The first-order chi connectivity index (χ1) is 9.57. The van der Waals surface area contributed by atoms with Crippen molar-refractivity contribution in [3.8, 4) is 0 Å². The van der Waals surface area contributed by atoms with Crippen molar-refractivity contribution in [3.63, 3.8) is 0 Å². The second kappa shape index (κ2) is 6.25. The highest BCUT2D eigenvalue weighted by Crippen LogP contribution is 2.06. The third kappa shape index (κ3) is 2.95. The van der Waals surface area contributed by atoms with E-state index in [-0.39, 0.29) is 0 Å². The largest absolute Gasteiger partial charge is 0.512 e. The van der Waals surface area contributed by atoms with E-state index in [4.69, 9.17) is 0 Å². The monoisotopic (exact) mass is 394 g/mol. The predicted molar refractivity (Wildman–Crippen MR) is 62.4 cm³/mol. The molecule has 0 N–H and O–H groups in total. The van der Waals surface area contributed by atoms with Gasteiger partial charge in [-0.2, -0.15) is 0 Å². The van der Waals surface area contributed by atoms with Crippen LogP contribution in [0.5, 0.6) is 0 Å². The fourth-order valence-corrected chi connectivity index (χ4v) is 6.68. The molecule has 2 aromatic rings. The summed E-state index contributed by atoms with van der Waals surface area (Å²) in [5.41, 5.74) is 0. The number of halogens is 4. The van der Waals surface area contributed by atoms with Gasteiger partial charge in [-0.1, -0.05) is 36.4 Å². The number of rotatable bonds is 4. The first-order valence-electron chi connectivity index (χ1n) is 5.58. The molecule has 20 heavy (non-hydrogen) atoms. The van der Waals surface area contributed by atoms with E-state index in [1.807, 2.05) is 0 Å². The zero-order chi connectivity index (χ0) is 14.6. The maximum absolute atomic E-state index is 14.2. The molecule has 6 heteroatoms. The fourth-order valence-electron chi connectivity index (χ4n) is 1.60. The van der Waals surface area contributed by atoms with Gasteiger partial charge in [0, 0.05) is 4.53 Å². The summed E-state index contributed by atoms with van der Waals surface area (Å²) in [6.07, 6.45) is 0. The van der Waals surface area contributed by atoms with Gasteiger partial charge in [0.1, 0.15) is 0 Å². The topological polar surface area (TPSA) is 26.3 Å². The molecular formula is C14H10F3IO2+. The molecule has 0 aliphatic carbocycles. The Labute approximate surface area is 120 Å². The van der Waals surface area contributed by atoms with Crippen LogP contribution in [0.2, 0.25) is 0 Å². The molecule has 0 saturated carbocycles. The summed E-state index contributed by atoms with van der Waals surface area (Å²) in [4.78, 5) is 13.9. The van der Waals surface area contributed by atoms with Gasteiger partial charge in [-0.3, -0.25) is 0 Å². The van der Waals surface area contributed by atoms with Gasteiger partial charge in [0.05, 0.1) is 0 Å². The summed E-state index contributed by atoms with van der Waals surface area (Å²) >= 11 is -3.50. The number of carbonyl (C=O) groups excluding carboxylic acids is 1. The molecule has 2 nitrogen and oxygen atoms in total. The summed E-state index contributed by atoms with van der Waals surface area (Å²) < 4.78 is 37.3. The predicted octanol–water partition coefficient (Wildman–Crippen LogP) is 0.371. The zero-order valence-electron chi connectivity index (χ0n) is 10.1. The highest BCUT2D eigenvalue weighted by Gasteiger charge is 2.63. The van der Waals surface area contributed by atoms with Crippen LogP contribution >= 0.6 is 0 Å². The molecule has 0 bridgehead atoms. The SMILES string of the molecule is O=C(OF)C(F)(F)[I+](c1ccccc1)c1ccccc1. The van der Waals surface area contributed by atoms with Gasteiger partial charge in [-0.25, -0.2) is 9.74 Å². The lowest BCUT2D eigenvalue weighted by Gasteiger charge is -2.12. The molecule has 2 aromatic carbocycles. The Morgan fingerprint density at radius 2 is 1.30 bits per heavy atom. The molecule has 0 spiro atoms. The first kappa shape index (κ1) is 14.8. The van der Waals surface area contributed by atoms with Crippen LogP contribution in [-0.2, 0) is 9.74 Å². The Morgan fingerprint density at radius 1 is 0.900 bits per heavy atom. The Balaban J connectivity index is 2.54. The minimum atomic E-state index is -3.85. The number of benzene rings is 2. The van der Waals surface area contributed by atoms with Gasteiger partial charge < -0.3 is 0 Å². The van der Waals surface area contributed by atoms with Crippen LogP contribution in [0, 0.1) is 7.14 Å². The minimum absolute atomic E-state index is 0.360. The normalized spacial score (nSPS) is 11.4. The number of carbonyl (C=O) groups is 1. The van der Waals surface area contributed by atoms with Crippen molar-refractivity contribution >= 4 is 5.97 Å². The molecule has 0 amide bonds. The van der Waals surface area contributed by atoms with Crippen molar-refractivity contribution in [2.45, 2.75) is 3.93 Å². The molecule has 0 aromatic heterocycles. The summed E-state index contributed by atoms with van der Waals surface area (Å²) in [5.74, 6) is -2.13. The van der Waals surface area contributed by atoms with E-state index in [2.05, 4.69) is 4.94 Å². The highest BCUT2D eigenvalue weighted by molar-refractivity contribution is 5.74. The summed E-state index contributed by atoms with van der Waals surface area (Å²) in [6.45, 7) is 0. The Kier molecular flexibility index (Phi) is 4.64. The van der Waals surface area contributed by atoms with Gasteiger partial charge in [-0.15, -0.1) is 8.78 Å². The Morgan fingerprint density at radius 3 is 1.65 bits per heavy atom. The van der Waals surface area contributed by atoms with Gasteiger partial charge >= 0.3 is 9.90 Å². The summed E-state index contributed by atoms with van der Waals surface area (Å²) in [7, 11) is 0. The summed E-state index contributed by atoms with van der Waals surface area (Å²) in [6, 6.07) is 15.9. The minimum Gasteiger partial charge on any atom is -0.242 e. The van der Waals surface area contributed by atoms with E-state index in [0.717, 1.165) is 0 Å². The molecule has 0 saturated heterocycles. The Hall–Kier alpha value is -1.57. The standard InChI is InChI=1S/C14H10F3IO2/c15-14(16,13(19)20-17)18(11-7-3-1-4-8-11)12-9-5-2-6-10-12/h1-10H/q+1. The number of alkyl halides is 3. The average molecular weight is 394 g/mol. The van der Waals surface area contributed by atoms with Crippen LogP contribution in [-0.4, -0.2) is 9.90 Å². The van der Waals surface area contributed by atoms with Crippen molar-refractivity contribution < 1.29 is 42.9 Å². The van der Waals surface area contributed by atoms with E-state index >= 15 is 0 Å². The van der Waals surface area contributed by atoms with Crippen LogP contribution in [0.15, 0.2) is 60.7 Å². The third-order valence-electron chi connectivity index (χ3n) is 2.44. The molecule has 0 aliphatic heterocycles. The van der Waals surface area contributed by atoms with Crippen LogP contribution in [0.4, 0.5) is 13.3 Å². The van der Waals surface area contributed by atoms with Crippen LogP contribution in [0.1, 0.15) is 0 Å². The molecule has 0 unspecified atom stereocenters. The molecule has 2 rings (SSSR count). The molecule has 1 radical (unpaired) electrons. The van der Waals surface area contributed by atoms with Crippen LogP contribution < -0.4 is 19.8 Å². The van der Waals surface area contributed by atoms with Crippen LogP contribution in [0.25, 0.3) is 0 Å². The molecule has 105 valence electrons. The van der Waals surface area contributed by atoms with E-state index in [1.165, 1.54) is 24.3 Å². The van der Waals surface area contributed by atoms with Crippen molar-refractivity contribution in [1.29, 1.82) is 0 Å². The van der Waals surface area contributed by atoms with E-state index < -0.39 is 29.7 Å². The second-order valence-electron chi connectivity index (χ2n) is 3.74. The maximum atomic E-state index is 14.2.